The average molecular weight is 862 g/mol. The smallest absolute Gasteiger partial charge is 0.332 e. The molecule has 1 aromatic heterocycles. The van der Waals surface area contributed by atoms with Gasteiger partial charge in [0.15, 0.2) is 18.7 Å². The van der Waals surface area contributed by atoms with Crippen molar-refractivity contribution in [2.45, 2.75) is 164 Å². The van der Waals surface area contributed by atoms with Gasteiger partial charge in [-0.2, -0.15) is 0 Å². The van der Waals surface area contributed by atoms with E-state index in [-0.39, 0.29) is 37.4 Å². The van der Waals surface area contributed by atoms with Gasteiger partial charge in [-0.25, -0.2) is 9.48 Å². The monoisotopic (exact) mass is 861 g/mol. The van der Waals surface area contributed by atoms with Crippen LogP contribution >= 0.6 is 0 Å². The number of aliphatic hydroxyl groups is 5. The first-order valence-corrected chi connectivity index (χ1v) is 21.5. The maximum atomic E-state index is 14.0. The van der Waals surface area contributed by atoms with Gasteiger partial charge in [0.05, 0.1) is 31.1 Å². The number of nitrogens with zero attached hydrogens (tertiary/aromatic N) is 3. The Balaban J connectivity index is 1.39. The number of ether oxygens (including phenoxy) is 5. The number of hydrogen-bond donors (Lipinski definition) is 8. The first-order valence-electron chi connectivity index (χ1n) is 21.5. The Morgan fingerprint density at radius 2 is 1.67 bits per heavy atom. The summed E-state index contributed by atoms with van der Waals surface area (Å²) in [4.78, 5) is 39.5. The number of aliphatic hydroxyl groups excluding tert-OH is 5. The van der Waals surface area contributed by atoms with Crippen LogP contribution in [0.3, 0.4) is 0 Å². The Bertz CT molecular complexity index is 1720. The van der Waals surface area contributed by atoms with Gasteiger partial charge in [0.1, 0.15) is 60.2 Å². The molecule has 2 aromatic rings. The molecule has 8 N–H and O–H groups in total. The SMILES string of the molecule is CNCCCC(=O)C1CC(n2cc(-c3ccccc3)nn2)[C@@H](O[C@@H]2OC(C)[C@@H](O)[C@H](O)C2O)[C@H](O[C@@H]2O[C@@H](CO)[C@H](O)C(O[C@@H](CC3CCCCC3)C(=O)O)C2NC(C)=O)C1. The fraction of sp³-hybridized carbons (Fsp3) is 0.738. The number of nitrogens with one attached hydrogen (secondary N) is 2. The van der Waals surface area contributed by atoms with Crippen LogP contribution in [0, 0.1) is 11.8 Å². The lowest BCUT2D eigenvalue weighted by molar-refractivity contribution is -0.337. The Kier molecular flexibility index (Phi) is 16.8. The molecule has 2 saturated heterocycles. The molecule has 4 fully saturated rings. The van der Waals surface area contributed by atoms with Gasteiger partial charge in [0, 0.05) is 24.8 Å². The van der Waals surface area contributed by atoms with Crippen LogP contribution in [0.25, 0.3) is 11.3 Å². The van der Waals surface area contributed by atoms with E-state index in [0.29, 0.717) is 18.7 Å². The third-order valence-corrected chi connectivity index (χ3v) is 12.5. The second kappa shape index (κ2) is 21.7. The van der Waals surface area contributed by atoms with Gasteiger partial charge < -0.3 is 65.0 Å². The van der Waals surface area contributed by atoms with Gasteiger partial charge in [-0.05, 0) is 52.1 Å². The molecule has 4 aliphatic rings. The largest absolute Gasteiger partial charge is 0.479 e. The molecule has 0 radical (unpaired) electrons. The number of carbonyl (C=O) groups excluding carboxylic acids is 2. The quantitative estimate of drug-likeness (QED) is 0.0946. The lowest BCUT2D eigenvalue weighted by atomic mass is 9.78. The molecule has 1 amide bonds. The third-order valence-electron chi connectivity index (χ3n) is 12.5. The maximum Gasteiger partial charge on any atom is 0.332 e. The number of carboxylic acids is 1. The maximum absolute atomic E-state index is 14.0. The Labute approximate surface area is 355 Å². The minimum absolute atomic E-state index is 0.0211. The van der Waals surface area contributed by atoms with Crippen LogP contribution in [-0.2, 0) is 38.1 Å². The number of ketones is 1. The first kappa shape index (κ1) is 47.0. The number of hydrogen-bond acceptors (Lipinski definition) is 16. The molecule has 0 bridgehead atoms. The van der Waals surface area contributed by atoms with E-state index in [1.807, 2.05) is 30.3 Å². The van der Waals surface area contributed by atoms with Crippen LogP contribution in [0.2, 0.25) is 0 Å². The van der Waals surface area contributed by atoms with Gasteiger partial charge in [0.2, 0.25) is 5.91 Å². The van der Waals surface area contributed by atoms with Gasteiger partial charge in [-0.1, -0.05) is 67.6 Å². The first-order chi connectivity index (χ1) is 29.3. The van der Waals surface area contributed by atoms with Crippen molar-refractivity contribution in [3.63, 3.8) is 0 Å². The summed E-state index contributed by atoms with van der Waals surface area (Å²) in [6.45, 7) is 2.61. The normalized spacial score (nSPS) is 35.3. The van der Waals surface area contributed by atoms with E-state index in [4.69, 9.17) is 23.7 Å². The molecule has 3 heterocycles. The molecule has 6 unspecified atom stereocenters. The highest BCUT2D eigenvalue weighted by atomic mass is 16.7. The average Bonchev–Trinajstić information content (AvgIpc) is 3.75. The summed E-state index contributed by atoms with van der Waals surface area (Å²) >= 11 is 0. The number of aliphatic carboxylic acids is 1. The molecule has 0 spiro atoms. The summed E-state index contributed by atoms with van der Waals surface area (Å²) in [6, 6.07) is 7.12. The van der Waals surface area contributed by atoms with Crippen LogP contribution in [0.1, 0.15) is 84.1 Å². The van der Waals surface area contributed by atoms with E-state index in [9.17, 15) is 45.0 Å². The Morgan fingerprint density at radius 3 is 2.34 bits per heavy atom. The van der Waals surface area contributed by atoms with Crippen molar-refractivity contribution in [3.8, 4) is 11.3 Å². The van der Waals surface area contributed by atoms with E-state index >= 15 is 0 Å². The van der Waals surface area contributed by atoms with E-state index in [0.717, 1.165) is 37.7 Å². The highest BCUT2D eigenvalue weighted by Gasteiger charge is 2.53. The van der Waals surface area contributed by atoms with Crippen LogP contribution < -0.4 is 10.6 Å². The summed E-state index contributed by atoms with van der Waals surface area (Å²) in [5, 5.41) is 79.5. The number of aromatic nitrogens is 3. The van der Waals surface area contributed by atoms with E-state index in [1.165, 1.54) is 13.8 Å². The minimum atomic E-state index is -1.72. The summed E-state index contributed by atoms with van der Waals surface area (Å²) in [5.41, 5.74) is 1.28. The van der Waals surface area contributed by atoms with Crippen molar-refractivity contribution in [1.29, 1.82) is 0 Å². The van der Waals surface area contributed by atoms with Crippen molar-refractivity contribution < 1.29 is 68.7 Å². The summed E-state index contributed by atoms with van der Waals surface area (Å²) in [7, 11) is 1.79. The summed E-state index contributed by atoms with van der Waals surface area (Å²) in [6.07, 6.45) is -9.35. The van der Waals surface area contributed by atoms with Crippen molar-refractivity contribution in [3.05, 3.63) is 36.5 Å². The van der Waals surface area contributed by atoms with Gasteiger partial charge in [-0.3, -0.25) is 9.59 Å². The zero-order valence-corrected chi connectivity index (χ0v) is 35.0. The molecule has 340 valence electrons. The lowest BCUT2D eigenvalue weighted by Gasteiger charge is -2.49. The van der Waals surface area contributed by atoms with Crippen molar-refractivity contribution in [2.75, 3.05) is 20.2 Å². The molecule has 19 nitrogen and oxygen atoms in total. The topological polar surface area (TPSA) is 274 Å². The number of carbonyl (C=O) groups is 3. The minimum Gasteiger partial charge on any atom is -0.479 e. The van der Waals surface area contributed by atoms with Gasteiger partial charge >= 0.3 is 5.97 Å². The number of amides is 1. The fourth-order valence-corrected chi connectivity index (χ4v) is 9.16. The highest BCUT2D eigenvalue weighted by molar-refractivity contribution is 5.81. The molecule has 2 saturated carbocycles. The predicted molar refractivity (Wildman–Crippen MR) is 214 cm³/mol. The van der Waals surface area contributed by atoms with Gasteiger partial charge in [0.25, 0.3) is 0 Å². The lowest BCUT2D eigenvalue weighted by Crippen LogP contribution is -2.67. The molecular weight excluding hydrogens is 798 g/mol. The number of Topliss-reactive ketones (excluding diaryl/α,β-unsaturated/α-hetero) is 1. The summed E-state index contributed by atoms with van der Waals surface area (Å²) in [5.74, 6) is -2.47. The molecule has 19 heteroatoms. The van der Waals surface area contributed by atoms with E-state index < -0.39 is 110 Å². The number of rotatable bonds is 18. The van der Waals surface area contributed by atoms with Crippen LogP contribution in [-0.4, -0.2) is 163 Å². The zero-order chi connectivity index (χ0) is 43.8. The standard InChI is InChI=1S/C42H63N5O14/c1-22-34(51)36(53)37(54)42(57-22)61-38-28(47-20-27(45-46-47)25-13-8-5-9-14-25)18-26(29(50)15-10-16-43-3)19-30(38)59-41-33(44-23(2)49)39(35(52)32(21-48)60-41)58-31(40(55)56)17-24-11-6-4-7-12-24/h5,8-9,13-14,20,22,24,26,28,30-39,41-43,48,51-54H,4,6-7,10-12,15-19,21H2,1-3H3,(H,44,49)(H,55,56)/t22?,26?,28?,30-,31+,32+,33?,34-,35+,36+,37?,38-,39?,41-,42+/m1/s1. The number of benzene rings is 1. The van der Waals surface area contributed by atoms with E-state index in [1.54, 1.807) is 17.9 Å². The Hall–Kier alpha value is -3.47. The zero-order valence-electron chi connectivity index (χ0n) is 35.0. The molecule has 2 aliphatic carbocycles. The fourth-order valence-electron chi connectivity index (χ4n) is 9.16. The third kappa shape index (κ3) is 11.6. The predicted octanol–water partition coefficient (Wildman–Crippen LogP) is 0.454. The van der Waals surface area contributed by atoms with Crippen molar-refractivity contribution in [1.82, 2.24) is 25.6 Å². The molecule has 6 rings (SSSR count). The molecule has 2 aliphatic heterocycles. The highest BCUT2D eigenvalue weighted by Crippen LogP contribution is 2.41. The summed E-state index contributed by atoms with van der Waals surface area (Å²) < 4.78 is 33.2. The van der Waals surface area contributed by atoms with Crippen LogP contribution in [0.15, 0.2) is 36.5 Å². The Morgan fingerprint density at radius 1 is 0.934 bits per heavy atom. The number of carboxylic acid groups (broad SMARTS) is 1. The van der Waals surface area contributed by atoms with Gasteiger partial charge in [-0.15, -0.1) is 5.10 Å². The van der Waals surface area contributed by atoms with Crippen molar-refractivity contribution >= 4 is 17.7 Å². The van der Waals surface area contributed by atoms with E-state index in [2.05, 4.69) is 20.9 Å². The molecule has 1 aromatic carbocycles. The van der Waals surface area contributed by atoms with Crippen LogP contribution in [0.5, 0.6) is 0 Å². The second-order valence-electron chi connectivity index (χ2n) is 16.9. The molecular formula is C42H63N5O14. The second-order valence-corrected chi connectivity index (χ2v) is 16.9. The van der Waals surface area contributed by atoms with Crippen LogP contribution in [0.4, 0.5) is 0 Å². The van der Waals surface area contributed by atoms with Crippen molar-refractivity contribution in [2.24, 2.45) is 11.8 Å². The molecule has 61 heavy (non-hydrogen) atoms. The molecule has 15 atom stereocenters.